The third-order valence-corrected chi connectivity index (χ3v) is 3.95. The average molecular weight is 349 g/mol. The van der Waals surface area contributed by atoms with Crippen LogP contribution in [0.5, 0.6) is 5.75 Å². The molecule has 1 atom stereocenters. The number of ether oxygens (including phenoxy) is 3. The van der Waals surface area contributed by atoms with E-state index < -0.39 is 17.7 Å². The van der Waals surface area contributed by atoms with Crippen molar-refractivity contribution < 1.29 is 23.8 Å². The molecular formula is C19H27NO5. The molecule has 0 spiro atoms. The van der Waals surface area contributed by atoms with Gasteiger partial charge in [0.25, 0.3) is 0 Å². The SMILES string of the molecule is COc1ccc(CCOC(=O)[C@@H]2CCCN2C(=O)OC(C)(C)C)cc1. The molecule has 0 bridgehead atoms. The normalized spacial score (nSPS) is 17.3. The topological polar surface area (TPSA) is 65.1 Å². The fraction of sp³-hybridized carbons (Fsp3) is 0.579. The maximum Gasteiger partial charge on any atom is 0.411 e. The Bertz CT molecular complexity index is 591. The monoisotopic (exact) mass is 349 g/mol. The van der Waals surface area contributed by atoms with Gasteiger partial charge < -0.3 is 14.2 Å². The highest BCUT2D eigenvalue weighted by atomic mass is 16.6. The number of benzene rings is 1. The molecule has 0 aliphatic carbocycles. The molecule has 0 N–H and O–H groups in total. The summed E-state index contributed by atoms with van der Waals surface area (Å²) in [6, 6.07) is 7.08. The van der Waals surface area contributed by atoms with Gasteiger partial charge in [-0.25, -0.2) is 9.59 Å². The Hall–Kier alpha value is -2.24. The lowest BCUT2D eigenvalue weighted by Crippen LogP contribution is -2.44. The quantitative estimate of drug-likeness (QED) is 0.764. The highest BCUT2D eigenvalue weighted by molar-refractivity contribution is 5.82. The summed E-state index contributed by atoms with van der Waals surface area (Å²) in [6.07, 6.45) is 1.55. The van der Waals surface area contributed by atoms with E-state index in [0.717, 1.165) is 17.7 Å². The number of hydrogen-bond acceptors (Lipinski definition) is 5. The lowest BCUT2D eigenvalue weighted by Gasteiger charge is -2.27. The molecule has 0 aromatic heterocycles. The first kappa shape index (κ1) is 19.1. The largest absolute Gasteiger partial charge is 0.497 e. The van der Waals surface area contributed by atoms with Gasteiger partial charge in [0.15, 0.2) is 0 Å². The highest BCUT2D eigenvalue weighted by Gasteiger charge is 2.37. The summed E-state index contributed by atoms with van der Waals surface area (Å²) >= 11 is 0. The van der Waals surface area contributed by atoms with Crippen LogP contribution in [-0.4, -0.2) is 48.9 Å². The van der Waals surface area contributed by atoms with Crippen molar-refractivity contribution in [3.05, 3.63) is 29.8 Å². The van der Waals surface area contributed by atoms with E-state index >= 15 is 0 Å². The Labute approximate surface area is 149 Å². The molecule has 0 saturated carbocycles. The number of carbonyl (C=O) groups is 2. The highest BCUT2D eigenvalue weighted by Crippen LogP contribution is 2.22. The van der Waals surface area contributed by atoms with Crippen molar-refractivity contribution in [2.45, 2.75) is 51.7 Å². The van der Waals surface area contributed by atoms with Gasteiger partial charge in [0.1, 0.15) is 17.4 Å². The van der Waals surface area contributed by atoms with Crippen LogP contribution in [0.1, 0.15) is 39.2 Å². The summed E-state index contributed by atoms with van der Waals surface area (Å²) in [4.78, 5) is 26.0. The number of amides is 1. The van der Waals surface area contributed by atoms with Crippen LogP contribution in [0.4, 0.5) is 4.79 Å². The molecule has 25 heavy (non-hydrogen) atoms. The van der Waals surface area contributed by atoms with Crippen LogP contribution in [0.15, 0.2) is 24.3 Å². The third-order valence-electron chi connectivity index (χ3n) is 3.95. The standard InChI is InChI=1S/C19H27NO5/c1-19(2,3)25-18(22)20-12-5-6-16(20)17(21)24-13-11-14-7-9-15(23-4)10-8-14/h7-10,16H,5-6,11-13H2,1-4H3/t16-/m0/s1. The lowest BCUT2D eigenvalue weighted by molar-refractivity contribution is -0.148. The van der Waals surface area contributed by atoms with E-state index in [-0.39, 0.29) is 12.6 Å². The minimum Gasteiger partial charge on any atom is -0.497 e. The van der Waals surface area contributed by atoms with Crippen molar-refractivity contribution in [2.75, 3.05) is 20.3 Å². The summed E-state index contributed by atoms with van der Waals surface area (Å²) < 4.78 is 15.9. The number of hydrogen-bond donors (Lipinski definition) is 0. The Morgan fingerprint density at radius 3 is 2.48 bits per heavy atom. The maximum absolute atomic E-state index is 12.3. The number of rotatable bonds is 5. The fourth-order valence-electron chi connectivity index (χ4n) is 2.71. The molecule has 1 fully saturated rings. The molecule has 1 aliphatic rings. The van der Waals surface area contributed by atoms with Crippen LogP contribution in [-0.2, 0) is 20.7 Å². The average Bonchev–Trinajstić information content (AvgIpc) is 3.03. The first-order valence-corrected chi connectivity index (χ1v) is 8.59. The van der Waals surface area contributed by atoms with Crippen LogP contribution < -0.4 is 4.74 Å². The number of nitrogens with zero attached hydrogens (tertiary/aromatic N) is 1. The van der Waals surface area contributed by atoms with Gasteiger partial charge in [0, 0.05) is 13.0 Å². The van der Waals surface area contributed by atoms with E-state index in [1.807, 2.05) is 45.0 Å². The number of esters is 1. The molecule has 138 valence electrons. The second kappa shape index (κ2) is 8.23. The smallest absolute Gasteiger partial charge is 0.411 e. The molecule has 2 rings (SSSR count). The minimum absolute atomic E-state index is 0.282. The van der Waals surface area contributed by atoms with E-state index in [0.29, 0.717) is 19.4 Å². The van der Waals surface area contributed by atoms with Crippen LogP contribution in [0.3, 0.4) is 0 Å². The van der Waals surface area contributed by atoms with Crippen LogP contribution in [0.25, 0.3) is 0 Å². The summed E-state index contributed by atoms with van der Waals surface area (Å²) in [5.41, 5.74) is 0.478. The van der Waals surface area contributed by atoms with Crippen molar-refractivity contribution in [1.82, 2.24) is 4.90 Å². The summed E-state index contributed by atoms with van der Waals surface area (Å²) in [6.45, 7) is 6.23. The third kappa shape index (κ3) is 5.66. The predicted octanol–water partition coefficient (Wildman–Crippen LogP) is 3.18. The predicted molar refractivity (Wildman–Crippen MR) is 93.6 cm³/mol. The van der Waals surface area contributed by atoms with Gasteiger partial charge in [-0.1, -0.05) is 12.1 Å². The number of carbonyl (C=O) groups excluding carboxylic acids is 2. The number of likely N-dealkylation sites (tertiary alicyclic amines) is 1. The second-order valence-corrected chi connectivity index (χ2v) is 7.10. The zero-order valence-electron chi connectivity index (χ0n) is 15.4. The molecule has 6 heteroatoms. The molecular weight excluding hydrogens is 322 g/mol. The summed E-state index contributed by atoms with van der Waals surface area (Å²) in [5, 5.41) is 0. The first-order chi connectivity index (χ1) is 11.8. The Morgan fingerprint density at radius 2 is 1.88 bits per heavy atom. The maximum atomic E-state index is 12.3. The zero-order chi connectivity index (χ0) is 18.4. The van der Waals surface area contributed by atoms with Gasteiger partial charge in [-0.05, 0) is 51.3 Å². The van der Waals surface area contributed by atoms with E-state index in [2.05, 4.69) is 0 Å². The van der Waals surface area contributed by atoms with Crippen molar-refractivity contribution >= 4 is 12.1 Å². The van der Waals surface area contributed by atoms with E-state index in [4.69, 9.17) is 14.2 Å². The van der Waals surface area contributed by atoms with Gasteiger partial charge in [-0.2, -0.15) is 0 Å². The van der Waals surface area contributed by atoms with Crippen molar-refractivity contribution in [3.63, 3.8) is 0 Å². The fourth-order valence-corrected chi connectivity index (χ4v) is 2.71. The van der Waals surface area contributed by atoms with E-state index in [9.17, 15) is 9.59 Å². The minimum atomic E-state index is -0.581. The molecule has 0 radical (unpaired) electrons. The van der Waals surface area contributed by atoms with Gasteiger partial charge in [0.05, 0.1) is 13.7 Å². The molecule has 0 unspecified atom stereocenters. The number of methoxy groups -OCH3 is 1. The molecule has 1 aromatic carbocycles. The van der Waals surface area contributed by atoms with Gasteiger partial charge in [0.2, 0.25) is 0 Å². The molecule has 1 saturated heterocycles. The zero-order valence-corrected chi connectivity index (χ0v) is 15.4. The van der Waals surface area contributed by atoms with Crippen molar-refractivity contribution in [1.29, 1.82) is 0 Å². The molecule has 1 amide bonds. The van der Waals surface area contributed by atoms with E-state index in [1.165, 1.54) is 4.90 Å². The van der Waals surface area contributed by atoms with E-state index in [1.54, 1.807) is 7.11 Å². The van der Waals surface area contributed by atoms with Crippen molar-refractivity contribution in [3.8, 4) is 5.75 Å². The summed E-state index contributed by atoms with van der Waals surface area (Å²) in [7, 11) is 1.62. The van der Waals surface area contributed by atoms with Gasteiger partial charge in [-0.3, -0.25) is 4.90 Å². The Morgan fingerprint density at radius 1 is 1.20 bits per heavy atom. The lowest BCUT2D eigenvalue weighted by atomic mass is 10.1. The van der Waals surface area contributed by atoms with Crippen LogP contribution in [0, 0.1) is 0 Å². The van der Waals surface area contributed by atoms with Crippen LogP contribution in [0.2, 0.25) is 0 Å². The van der Waals surface area contributed by atoms with Gasteiger partial charge >= 0.3 is 12.1 Å². The Balaban J connectivity index is 1.83. The Kier molecular flexibility index (Phi) is 6.28. The van der Waals surface area contributed by atoms with Crippen LogP contribution >= 0.6 is 0 Å². The molecule has 1 heterocycles. The summed E-state index contributed by atoms with van der Waals surface area (Å²) in [5.74, 6) is 0.427. The molecule has 1 aromatic rings. The second-order valence-electron chi connectivity index (χ2n) is 7.10. The molecule has 1 aliphatic heterocycles. The van der Waals surface area contributed by atoms with Crippen molar-refractivity contribution in [2.24, 2.45) is 0 Å². The van der Waals surface area contributed by atoms with Gasteiger partial charge in [-0.15, -0.1) is 0 Å². The molecule has 6 nitrogen and oxygen atoms in total. The first-order valence-electron chi connectivity index (χ1n) is 8.59.